The molecule has 2 heteroatoms. The molecule has 1 fully saturated rings. The van der Waals surface area contributed by atoms with Gasteiger partial charge in [0.1, 0.15) is 0 Å². The van der Waals surface area contributed by atoms with Gasteiger partial charge in [-0.1, -0.05) is 12.8 Å². The van der Waals surface area contributed by atoms with Crippen LogP contribution in [0.1, 0.15) is 26.7 Å². The van der Waals surface area contributed by atoms with E-state index in [0.717, 1.165) is 19.0 Å². The third-order valence-corrected chi connectivity index (χ3v) is 3.09. The molecule has 2 nitrogen and oxygen atoms in total. The number of rotatable bonds is 4. The van der Waals surface area contributed by atoms with Crippen LogP contribution in [0.3, 0.4) is 0 Å². The molecule has 0 saturated carbocycles. The largest absolute Gasteiger partial charge is 0.314 e. The van der Waals surface area contributed by atoms with Crippen LogP contribution >= 0.6 is 0 Å². The van der Waals surface area contributed by atoms with Gasteiger partial charge in [0.25, 0.3) is 0 Å². The van der Waals surface area contributed by atoms with Crippen molar-refractivity contribution in [2.45, 2.75) is 32.7 Å². The van der Waals surface area contributed by atoms with E-state index in [4.69, 9.17) is 6.42 Å². The molecule has 0 bridgehead atoms. The number of hydrogen-bond acceptors (Lipinski definition) is 2. The molecule has 2 unspecified atom stereocenters. The monoisotopic (exact) mass is 194 g/mol. The molecule has 0 spiro atoms. The van der Waals surface area contributed by atoms with Gasteiger partial charge >= 0.3 is 0 Å². The number of likely N-dealkylation sites (tertiary alicyclic amines) is 1. The maximum atomic E-state index is 5.33. The summed E-state index contributed by atoms with van der Waals surface area (Å²) in [6, 6.07) is 0.626. The molecule has 2 atom stereocenters. The van der Waals surface area contributed by atoms with Gasteiger partial charge in [-0.2, -0.15) is 0 Å². The molecule has 14 heavy (non-hydrogen) atoms. The highest BCUT2D eigenvalue weighted by Crippen LogP contribution is 2.19. The fourth-order valence-electron chi connectivity index (χ4n) is 2.26. The van der Waals surface area contributed by atoms with Crippen molar-refractivity contribution in [3.05, 3.63) is 0 Å². The first-order valence-electron chi connectivity index (χ1n) is 5.67. The maximum absolute atomic E-state index is 5.33. The molecule has 0 aromatic rings. The van der Waals surface area contributed by atoms with Crippen molar-refractivity contribution in [1.29, 1.82) is 0 Å². The van der Waals surface area contributed by atoms with Gasteiger partial charge < -0.3 is 5.32 Å². The second-order valence-electron chi connectivity index (χ2n) is 4.19. The van der Waals surface area contributed by atoms with E-state index < -0.39 is 0 Å². The van der Waals surface area contributed by atoms with Crippen LogP contribution < -0.4 is 5.32 Å². The normalized spacial score (nSPS) is 25.6. The molecule has 0 aromatic heterocycles. The van der Waals surface area contributed by atoms with Gasteiger partial charge in [0.05, 0.1) is 6.54 Å². The molecule has 0 aromatic carbocycles. The quantitative estimate of drug-likeness (QED) is 0.679. The number of nitrogens with one attached hydrogen (secondary N) is 1. The number of nitrogens with zero attached hydrogens (tertiary/aromatic N) is 1. The Bertz CT molecular complexity index is 195. The Morgan fingerprint density at radius 3 is 3.07 bits per heavy atom. The van der Waals surface area contributed by atoms with Crippen molar-refractivity contribution >= 4 is 0 Å². The van der Waals surface area contributed by atoms with E-state index in [-0.39, 0.29) is 0 Å². The van der Waals surface area contributed by atoms with Gasteiger partial charge in [0, 0.05) is 12.6 Å². The van der Waals surface area contributed by atoms with E-state index in [1.807, 2.05) is 0 Å². The zero-order chi connectivity index (χ0) is 10.4. The molecule has 1 aliphatic heterocycles. The summed E-state index contributed by atoms with van der Waals surface area (Å²) in [5.74, 6) is 3.51. The van der Waals surface area contributed by atoms with Crippen molar-refractivity contribution in [2.24, 2.45) is 5.92 Å². The molecule has 1 N–H and O–H groups in total. The van der Waals surface area contributed by atoms with Gasteiger partial charge in [0.2, 0.25) is 0 Å². The minimum absolute atomic E-state index is 0.626. The predicted molar refractivity (Wildman–Crippen MR) is 61.1 cm³/mol. The second kappa shape index (κ2) is 6.06. The standard InChI is InChI=1S/C12H22N2/c1-4-8-14-9-6-7-12(10-14)11(3)13-5-2/h1,11-13H,5-10H2,2-3H3. The van der Waals surface area contributed by atoms with Gasteiger partial charge in [-0.15, -0.1) is 6.42 Å². The van der Waals surface area contributed by atoms with Crippen LogP contribution in [0.4, 0.5) is 0 Å². The van der Waals surface area contributed by atoms with Crippen molar-refractivity contribution in [3.63, 3.8) is 0 Å². The Balaban J connectivity index is 2.35. The summed E-state index contributed by atoms with van der Waals surface area (Å²) >= 11 is 0. The molecular formula is C12H22N2. The summed E-state index contributed by atoms with van der Waals surface area (Å²) in [4.78, 5) is 2.39. The lowest BCUT2D eigenvalue weighted by Crippen LogP contribution is -2.44. The lowest BCUT2D eigenvalue weighted by atomic mass is 9.91. The van der Waals surface area contributed by atoms with Crippen LogP contribution in [0.5, 0.6) is 0 Å². The smallest absolute Gasteiger partial charge is 0.0599 e. The second-order valence-corrected chi connectivity index (χ2v) is 4.19. The van der Waals surface area contributed by atoms with Gasteiger partial charge in [-0.25, -0.2) is 0 Å². The van der Waals surface area contributed by atoms with Crippen LogP contribution in [0.2, 0.25) is 0 Å². The number of piperidine rings is 1. The van der Waals surface area contributed by atoms with Crippen LogP contribution in [0.25, 0.3) is 0 Å². The van der Waals surface area contributed by atoms with E-state index in [2.05, 4.69) is 30.0 Å². The summed E-state index contributed by atoms with van der Waals surface area (Å²) in [6.07, 6.45) is 7.97. The van der Waals surface area contributed by atoms with E-state index in [0.29, 0.717) is 6.04 Å². The molecule has 80 valence electrons. The first kappa shape index (κ1) is 11.6. The van der Waals surface area contributed by atoms with Crippen LogP contribution in [0.15, 0.2) is 0 Å². The third-order valence-electron chi connectivity index (χ3n) is 3.09. The molecule has 0 amide bonds. The number of terminal acetylenes is 1. The molecular weight excluding hydrogens is 172 g/mol. The van der Waals surface area contributed by atoms with E-state index in [9.17, 15) is 0 Å². The lowest BCUT2D eigenvalue weighted by Gasteiger charge is -2.35. The van der Waals surface area contributed by atoms with Crippen molar-refractivity contribution < 1.29 is 0 Å². The Morgan fingerprint density at radius 2 is 2.43 bits per heavy atom. The van der Waals surface area contributed by atoms with E-state index in [1.54, 1.807) is 0 Å². The lowest BCUT2D eigenvalue weighted by molar-refractivity contribution is 0.167. The molecule has 1 rings (SSSR count). The summed E-state index contributed by atoms with van der Waals surface area (Å²) in [5, 5.41) is 3.50. The zero-order valence-corrected chi connectivity index (χ0v) is 9.42. The first-order valence-corrected chi connectivity index (χ1v) is 5.67. The number of hydrogen-bond donors (Lipinski definition) is 1. The van der Waals surface area contributed by atoms with Crippen molar-refractivity contribution in [3.8, 4) is 12.3 Å². The third kappa shape index (κ3) is 3.32. The van der Waals surface area contributed by atoms with Crippen LogP contribution in [-0.2, 0) is 0 Å². The van der Waals surface area contributed by atoms with E-state index in [1.165, 1.54) is 25.9 Å². The van der Waals surface area contributed by atoms with Crippen LogP contribution in [-0.4, -0.2) is 37.1 Å². The summed E-state index contributed by atoms with van der Waals surface area (Å²) in [7, 11) is 0. The topological polar surface area (TPSA) is 15.3 Å². The van der Waals surface area contributed by atoms with E-state index >= 15 is 0 Å². The highest BCUT2D eigenvalue weighted by molar-refractivity contribution is 4.91. The Morgan fingerprint density at radius 1 is 1.64 bits per heavy atom. The first-order chi connectivity index (χ1) is 6.77. The highest BCUT2D eigenvalue weighted by Gasteiger charge is 2.23. The highest BCUT2D eigenvalue weighted by atomic mass is 15.1. The van der Waals surface area contributed by atoms with Gasteiger partial charge in [-0.05, 0) is 38.8 Å². The van der Waals surface area contributed by atoms with Crippen LogP contribution in [0, 0.1) is 18.3 Å². The molecule has 1 aliphatic rings. The van der Waals surface area contributed by atoms with Crippen molar-refractivity contribution in [1.82, 2.24) is 10.2 Å². The van der Waals surface area contributed by atoms with Gasteiger partial charge in [0.15, 0.2) is 0 Å². The average molecular weight is 194 g/mol. The summed E-state index contributed by atoms with van der Waals surface area (Å²) < 4.78 is 0. The Labute approximate surface area is 88.1 Å². The fourth-order valence-corrected chi connectivity index (χ4v) is 2.26. The average Bonchev–Trinajstić information content (AvgIpc) is 2.19. The minimum Gasteiger partial charge on any atom is -0.314 e. The maximum Gasteiger partial charge on any atom is 0.0599 e. The SMILES string of the molecule is C#CCN1CCCC(C(C)NCC)C1. The molecule has 0 radical (unpaired) electrons. The molecule has 1 saturated heterocycles. The summed E-state index contributed by atoms with van der Waals surface area (Å²) in [6.45, 7) is 8.67. The van der Waals surface area contributed by atoms with Crippen molar-refractivity contribution in [2.75, 3.05) is 26.2 Å². The minimum atomic E-state index is 0.626. The molecule has 1 heterocycles. The summed E-state index contributed by atoms with van der Waals surface area (Å²) in [5.41, 5.74) is 0. The molecule has 0 aliphatic carbocycles. The Kier molecular flexibility index (Phi) is 5.00. The predicted octanol–water partition coefficient (Wildman–Crippen LogP) is 1.33. The van der Waals surface area contributed by atoms with Gasteiger partial charge in [-0.3, -0.25) is 4.90 Å². The Hall–Kier alpha value is -0.520. The fraction of sp³-hybridized carbons (Fsp3) is 0.833. The zero-order valence-electron chi connectivity index (χ0n) is 9.42.